The summed E-state index contributed by atoms with van der Waals surface area (Å²) in [6.07, 6.45) is -7.36. The molecule has 35 heavy (non-hydrogen) atoms. The number of nitrogens with one attached hydrogen (secondary N) is 1. The van der Waals surface area contributed by atoms with Crippen LogP contribution in [0.4, 0.5) is 18.0 Å². The number of ether oxygens (including phenoxy) is 2. The molecule has 8 heteroatoms. The molecule has 1 unspecified atom stereocenters. The van der Waals surface area contributed by atoms with Crippen molar-refractivity contribution in [1.29, 1.82) is 0 Å². The Morgan fingerprint density at radius 3 is 2.00 bits per heavy atom. The van der Waals surface area contributed by atoms with Crippen molar-refractivity contribution < 1.29 is 32.2 Å². The van der Waals surface area contributed by atoms with Crippen molar-refractivity contribution in [3.63, 3.8) is 0 Å². The van der Waals surface area contributed by atoms with Gasteiger partial charge >= 0.3 is 18.2 Å². The first-order valence-electron chi connectivity index (χ1n) is 11.2. The summed E-state index contributed by atoms with van der Waals surface area (Å²) in [6.45, 7) is -0.139. The molecule has 182 valence electrons. The quantitative estimate of drug-likeness (QED) is 0.401. The third-order valence-electron chi connectivity index (χ3n) is 5.86. The van der Waals surface area contributed by atoms with Crippen molar-refractivity contribution in [3.8, 4) is 11.1 Å². The topological polar surface area (TPSA) is 64.6 Å². The summed E-state index contributed by atoms with van der Waals surface area (Å²) >= 11 is 0. The van der Waals surface area contributed by atoms with Gasteiger partial charge in [-0.1, -0.05) is 78.9 Å². The van der Waals surface area contributed by atoms with Crippen LogP contribution in [0.3, 0.4) is 0 Å². The molecule has 0 aliphatic heterocycles. The summed E-state index contributed by atoms with van der Waals surface area (Å²) in [6, 6.07) is 22.8. The zero-order valence-electron chi connectivity index (χ0n) is 18.8. The fraction of sp³-hybridized carbons (Fsp3) is 0.259. The highest BCUT2D eigenvalue weighted by Crippen LogP contribution is 2.44. The van der Waals surface area contributed by atoms with Gasteiger partial charge in [-0.05, 0) is 34.2 Å². The van der Waals surface area contributed by atoms with Crippen LogP contribution in [0.5, 0.6) is 0 Å². The van der Waals surface area contributed by atoms with Crippen LogP contribution in [-0.4, -0.2) is 30.9 Å². The zero-order valence-corrected chi connectivity index (χ0v) is 18.8. The number of benzene rings is 3. The van der Waals surface area contributed by atoms with Crippen LogP contribution in [0.2, 0.25) is 0 Å². The minimum absolute atomic E-state index is 0.0229. The molecule has 1 atom stereocenters. The maximum Gasteiger partial charge on any atom is 0.407 e. The fourth-order valence-electron chi connectivity index (χ4n) is 4.17. The van der Waals surface area contributed by atoms with E-state index in [4.69, 9.17) is 9.47 Å². The van der Waals surface area contributed by atoms with E-state index in [0.29, 0.717) is 5.56 Å². The molecule has 1 aliphatic carbocycles. The summed E-state index contributed by atoms with van der Waals surface area (Å²) in [4.78, 5) is 25.0. The molecule has 0 spiro atoms. The Hall–Kier alpha value is -3.81. The van der Waals surface area contributed by atoms with Crippen LogP contribution in [0, 0.1) is 0 Å². The van der Waals surface area contributed by atoms with Gasteiger partial charge in [-0.15, -0.1) is 0 Å². The second kappa shape index (κ2) is 10.6. The Bertz CT molecular complexity index is 1130. The molecule has 3 aromatic carbocycles. The maximum absolute atomic E-state index is 12.8. The van der Waals surface area contributed by atoms with E-state index in [1.54, 1.807) is 30.3 Å². The van der Waals surface area contributed by atoms with E-state index >= 15 is 0 Å². The zero-order chi connectivity index (χ0) is 24.8. The van der Waals surface area contributed by atoms with E-state index < -0.39 is 37.1 Å². The Labute approximate surface area is 200 Å². The number of alkyl carbamates (subject to hydrolysis) is 1. The van der Waals surface area contributed by atoms with Crippen LogP contribution in [0.15, 0.2) is 78.9 Å². The van der Waals surface area contributed by atoms with Gasteiger partial charge in [0.25, 0.3) is 0 Å². The van der Waals surface area contributed by atoms with Gasteiger partial charge in [0.05, 0.1) is 0 Å². The van der Waals surface area contributed by atoms with Gasteiger partial charge < -0.3 is 14.8 Å². The third kappa shape index (κ3) is 6.20. The summed E-state index contributed by atoms with van der Waals surface area (Å²) in [5.41, 5.74) is 4.76. The first-order chi connectivity index (χ1) is 16.8. The largest absolute Gasteiger partial charge is 0.459 e. The van der Waals surface area contributed by atoms with Crippen LogP contribution < -0.4 is 5.32 Å². The molecule has 5 nitrogen and oxygen atoms in total. The molecule has 0 saturated heterocycles. The average molecular weight is 483 g/mol. The van der Waals surface area contributed by atoms with E-state index in [0.717, 1.165) is 22.3 Å². The lowest BCUT2D eigenvalue weighted by molar-refractivity contribution is -0.151. The Balaban J connectivity index is 1.40. The number of fused-ring (bicyclic) bond motifs is 3. The third-order valence-corrected chi connectivity index (χ3v) is 5.86. The first kappa shape index (κ1) is 24.3. The molecule has 0 aromatic heterocycles. The number of hydrogen-bond donors (Lipinski definition) is 1. The van der Waals surface area contributed by atoms with Crippen molar-refractivity contribution >= 4 is 12.1 Å². The number of carbonyl (C=O) groups is 2. The molecule has 0 fully saturated rings. The molecule has 1 aliphatic rings. The molecular weight excluding hydrogens is 459 g/mol. The standard InChI is InChI=1S/C27H24F3NO4/c28-27(29,30)15-14-24(25(32)34-16-18-8-2-1-3-9-18)31-26(33)35-17-23-21-12-6-4-10-19(21)20-11-5-7-13-22(20)23/h1-13,23-24H,14-17H2,(H,31,33). The van der Waals surface area contributed by atoms with E-state index in [9.17, 15) is 22.8 Å². The Kier molecular flexibility index (Phi) is 7.39. The Morgan fingerprint density at radius 2 is 1.40 bits per heavy atom. The van der Waals surface area contributed by atoms with Crippen LogP contribution in [0.1, 0.15) is 35.4 Å². The van der Waals surface area contributed by atoms with Crippen molar-refractivity contribution in [3.05, 3.63) is 95.6 Å². The smallest absolute Gasteiger partial charge is 0.407 e. The lowest BCUT2D eigenvalue weighted by Crippen LogP contribution is -2.43. The van der Waals surface area contributed by atoms with Crippen LogP contribution in [0.25, 0.3) is 11.1 Å². The molecule has 0 heterocycles. The molecule has 1 amide bonds. The van der Waals surface area contributed by atoms with E-state index in [-0.39, 0.29) is 19.1 Å². The maximum atomic E-state index is 12.8. The molecule has 3 aromatic rings. The van der Waals surface area contributed by atoms with Gasteiger partial charge in [-0.2, -0.15) is 13.2 Å². The number of halogens is 3. The minimum atomic E-state index is -4.49. The highest BCUT2D eigenvalue weighted by molar-refractivity contribution is 5.82. The molecule has 0 radical (unpaired) electrons. The van der Waals surface area contributed by atoms with E-state index in [1.165, 1.54) is 0 Å². The van der Waals surface area contributed by atoms with Gasteiger partial charge in [0.2, 0.25) is 0 Å². The number of amides is 1. The predicted octanol–water partition coefficient (Wildman–Crippen LogP) is 5.98. The van der Waals surface area contributed by atoms with Gasteiger partial charge in [0, 0.05) is 12.3 Å². The van der Waals surface area contributed by atoms with Gasteiger partial charge in [-0.3, -0.25) is 0 Å². The monoisotopic (exact) mass is 483 g/mol. The Morgan fingerprint density at radius 1 is 0.829 bits per heavy atom. The van der Waals surface area contributed by atoms with Gasteiger partial charge in [0.1, 0.15) is 19.3 Å². The summed E-state index contributed by atoms with van der Waals surface area (Å²) in [7, 11) is 0. The number of esters is 1. The van der Waals surface area contributed by atoms with E-state index in [1.807, 2.05) is 48.5 Å². The number of hydrogen-bond acceptors (Lipinski definition) is 4. The molecule has 4 rings (SSSR count). The molecule has 0 bridgehead atoms. The van der Waals surface area contributed by atoms with Crippen molar-refractivity contribution in [2.75, 3.05) is 6.61 Å². The van der Waals surface area contributed by atoms with E-state index in [2.05, 4.69) is 5.32 Å². The summed E-state index contributed by atoms with van der Waals surface area (Å²) < 4.78 is 48.9. The lowest BCUT2D eigenvalue weighted by atomic mass is 9.98. The SMILES string of the molecule is O=C(NC(CCC(F)(F)F)C(=O)OCc1ccccc1)OCC1c2ccccc2-c2ccccc21. The normalized spacial score (nSPS) is 13.5. The second-order valence-corrected chi connectivity index (χ2v) is 8.27. The summed E-state index contributed by atoms with van der Waals surface area (Å²) in [5, 5.41) is 2.26. The van der Waals surface area contributed by atoms with Gasteiger partial charge in [-0.25, -0.2) is 9.59 Å². The highest BCUT2D eigenvalue weighted by atomic mass is 19.4. The van der Waals surface area contributed by atoms with Crippen molar-refractivity contribution in [2.45, 2.75) is 37.6 Å². The lowest BCUT2D eigenvalue weighted by Gasteiger charge is -2.20. The van der Waals surface area contributed by atoms with Crippen molar-refractivity contribution in [1.82, 2.24) is 5.32 Å². The molecule has 1 N–H and O–H groups in total. The predicted molar refractivity (Wildman–Crippen MR) is 124 cm³/mol. The van der Waals surface area contributed by atoms with Crippen molar-refractivity contribution in [2.24, 2.45) is 0 Å². The summed E-state index contributed by atoms with van der Waals surface area (Å²) in [5.74, 6) is -1.17. The second-order valence-electron chi connectivity index (χ2n) is 8.27. The van der Waals surface area contributed by atoms with Crippen LogP contribution in [-0.2, 0) is 20.9 Å². The number of alkyl halides is 3. The highest BCUT2D eigenvalue weighted by Gasteiger charge is 2.33. The average Bonchev–Trinajstić information content (AvgIpc) is 3.17. The first-order valence-corrected chi connectivity index (χ1v) is 11.2. The fourth-order valence-corrected chi connectivity index (χ4v) is 4.17. The molecular formula is C27H24F3NO4. The number of rotatable bonds is 8. The van der Waals surface area contributed by atoms with Gasteiger partial charge in [0.15, 0.2) is 0 Å². The molecule has 0 saturated carbocycles. The number of carbonyl (C=O) groups excluding carboxylic acids is 2. The minimum Gasteiger partial charge on any atom is -0.459 e. The van der Waals surface area contributed by atoms with Crippen LogP contribution >= 0.6 is 0 Å².